The highest BCUT2D eigenvalue weighted by atomic mass is 32.1. The average Bonchev–Trinajstić information content (AvgIpc) is 2.90. The number of piperidine rings is 1. The molecule has 0 spiro atoms. The van der Waals surface area contributed by atoms with Crippen LogP contribution in [0.4, 0.5) is 5.69 Å². The third-order valence-corrected chi connectivity index (χ3v) is 5.74. The van der Waals surface area contributed by atoms with Crippen molar-refractivity contribution < 1.29 is 4.92 Å². The minimum absolute atomic E-state index is 0.239. The molecule has 3 rings (SSSR count). The molecule has 0 bridgehead atoms. The molecule has 1 aromatic carbocycles. The Labute approximate surface area is 128 Å². The van der Waals surface area contributed by atoms with Crippen LogP contribution in [0.25, 0.3) is 10.1 Å². The maximum Gasteiger partial charge on any atom is 0.287 e. The molecule has 112 valence electrons. The first-order chi connectivity index (χ1) is 10.1. The topological polar surface area (TPSA) is 46.4 Å². The molecule has 1 aromatic heterocycles. The predicted octanol–water partition coefficient (Wildman–Crippen LogP) is 4.40. The zero-order valence-electron chi connectivity index (χ0n) is 12.4. The van der Waals surface area contributed by atoms with Crippen LogP contribution in [0.5, 0.6) is 0 Å². The Morgan fingerprint density at radius 2 is 2.05 bits per heavy atom. The van der Waals surface area contributed by atoms with Gasteiger partial charge in [-0.25, -0.2) is 0 Å². The van der Waals surface area contributed by atoms with Crippen molar-refractivity contribution in [2.24, 2.45) is 0 Å². The fourth-order valence-corrected chi connectivity index (χ4v) is 4.43. The van der Waals surface area contributed by atoms with Crippen LogP contribution >= 0.6 is 11.3 Å². The van der Waals surface area contributed by atoms with E-state index in [0.29, 0.717) is 12.0 Å². The zero-order valence-corrected chi connectivity index (χ0v) is 13.2. The number of thiophene rings is 1. The van der Waals surface area contributed by atoms with E-state index < -0.39 is 0 Å². The van der Waals surface area contributed by atoms with E-state index in [-0.39, 0.29) is 10.6 Å². The summed E-state index contributed by atoms with van der Waals surface area (Å²) in [6, 6.07) is 8.12. The number of hydrogen-bond donors (Lipinski definition) is 0. The largest absolute Gasteiger partial charge is 0.301 e. The van der Waals surface area contributed by atoms with Gasteiger partial charge in [-0.2, -0.15) is 0 Å². The number of hydrogen-bond acceptors (Lipinski definition) is 4. The lowest BCUT2D eigenvalue weighted by Gasteiger charge is -2.34. The summed E-state index contributed by atoms with van der Waals surface area (Å²) >= 11 is 1.61. The Balaban J connectivity index is 1.86. The molecule has 5 heteroatoms. The number of nitro groups is 1. The SMILES string of the molecule is CC(C)N1CCC(c2cc3cccc([N+](=O)[O-])c3s2)CC1. The number of nitrogens with zero attached hydrogens (tertiary/aromatic N) is 2. The van der Waals surface area contributed by atoms with Crippen molar-refractivity contribution in [1.82, 2.24) is 4.90 Å². The first-order valence-corrected chi connectivity index (χ1v) is 8.29. The van der Waals surface area contributed by atoms with E-state index in [1.165, 1.54) is 4.88 Å². The van der Waals surface area contributed by atoms with Gasteiger partial charge in [0.1, 0.15) is 4.70 Å². The number of non-ortho nitro benzene ring substituents is 1. The van der Waals surface area contributed by atoms with Crippen LogP contribution in [0.3, 0.4) is 0 Å². The molecular formula is C16H20N2O2S. The fraction of sp³-hybridized carbons (Fsp3) is 0.500. The Kier molecular flexibility index (Phi) is 3.95. The van der Waals surface area contributed by atoms with Gasteiger partial charge < -0.3 is 4.90 Å². The molecule has 1 aliphatic rings. The summed E-state index contributed by atoms with van der Waals surface area (Å²) in [7, 11) is 0. The summed E-state index contributed by atoms with van der Waals surface area (Å²) in [5.74, 6) is 0.553. The highest BCUT2D eigenvalue weighted by Gasteiger charge is 2.24. The van der Waals surface area contributed by atoms with Gasteiger partial charge in [0.25, 0.3) is 5.69 Å². The molecule has 0 amide bonds. The summed E-state index contributed by atoms with van der Waals surface area (Å²) in [6.07, 6.45) is 2.30. The third-order valence-electron chi connectivity index (χ3n) is 4.40. The first kappa shape index (κ1) is 14.5. The number of benzene rings is 1. The zero-order chi connectivity index (χ0) is 15.0. The summed E-state index contributed by atoms with van der Waals surface area (Å²) in [4.78, 5) is 14.7. The highest BCUT2D eigenvalue weighted by Crippen LogP contribution is 2.39. The number of fused-ring (bicyclic) bond motifs is 1. The van der Waals surface area contributed by atoms with Gasteiger partial charge in [-0.1, -0.05) is 12.1 Å². The van der Waals surface area contributed by atoms with E-state index >= 15 is 0 Å². The number of rotatable bonds is 3. The minimum atomic E-state index is -0.274. The predicted molar refractivity (Wildman–Crippen MR) is 87.2 cm³/mol. The van der Waals surface area contributed by atoms with Gasteiger partial charge in [-0.15, -0.1) is 11.3 Å². The molecule has 0 radical (unpaired) electrons. The van der Waals surface area contributed by atoms with Crippen molar-refractivity contribution >= 4 is 27.1 Å². The molecule has 21 heavy (non-hydrogen) atoms. The lowest BCUT2D eigenvalue weighted by Crippen LogP contribution is -2.37. The lowest BCUT2D eigenvalue weighted by atomic mass is 9.94. The normalized spacial score (nSPS) is 17.7. The second-order valence-corrected chi connectivity index (χ2v) is 7.09. The van der Waals surface area contributed by atoms with Gasteiger partial charge in [0, 0.05) is 17.0 Å². The second-order valence-electron chi connectivity index (χ2n) is 6.01. The van der Waals surface area contributed by atoms with E-state index in [1.54, 1.807) is 23.5 Å². The highest BCUT2D eigenvalue weighted by molar-refractivity contribution is 7.19. The molecule has 1 aliphatic heterocycles. The van der Waals surface area contributed by atoms with Gasteiger partial charge in [0.05, 0.1) is 4.92 Å². The van der Waals surface area contributed by atoms with Crippen molar-refractivity contribution in [2.45, 2.75) is 38.6 Å². The van der Waals surface area contributed by atoms with Crippen molar-refractivity contribution in [3.8, 4) is 0 Å². The number of nitro benzene ring substituents is 1. The van der Waals surface area contributed by atoms with Crippen LogP contribution in [-0.4, -0.2) is 29.0 Å². The molecule has 1 fully saturated rings. The molecule has 4 nitrogen and oxygen atoms in total. The number of likely N-dealkylation sites (tertiary alicyclic amines) is 1. The monoisotopic (exact) mass is 304 g/mol. The van der Waals surface area contributed by atoms with Crippen molar-refractivity contribution in [3.63, 3.8) is 0 Å². The van der Waals surface area contributed by atoms with Gasteiger partial charge in [0.2, 0.25) is 0 Å². The van der Waals surface area contributed by atoms with Crippen LogP contribution < -0.4 is 0 Å². The molecule has 0 unspecified atom stereocenters. The Morgan fingerprint density at radius 1 is 1.33 bits per heavy atom. The summed E-state index contributed by atoms with van der Waals surface area (Å²) in [5, 5.41) is 12.1. The minimum Gasteiger partial charge on any atom is -0.301 e. The van der Waals surface area contributed by atoms with E-state index in [9.17, 15) is 10.1 Å². The summed E-state index contributed by atoms with van der Waals surface area (Å²) in [5.41, 5.74) is 0.239. The maximum absolute atomic E-state index is 11.1. The lowest BCUT2D eigenvalue weighted by molar-refractivity contribution is -0.382. The van der Waals surface area contributed by atoms with E-state index in [0.717, 1.165) is 36.0 Å². The van der Waals surface area contributed by atoms with Crippen LogP contribution in [0.2, 0.25) is 0 Å². The first-order valence-electron chi connectivity index (χ1n) is 7.47. The molecule has 0 aliphatic carbocycles. The van der Waals surface area contributed by atoms with Crippen LogP contribution in [-0.2, 0) is 0 Å². The van der Waals surface area contributed by atoms with Crippen LogP contribution in [0.15, 0.2) is 24.3 Å². The molecule has 1 saturated heterocycles. The summed E-state index contributed by atoms with van der Waals surface area (Å²) in [6.45, 7) is 6.73. The second kappa shape index (κ2) is 5.73. The Morgan fingerprint density at radius 3 is 2.67 bits per heavy atom. The van der Waals surface area contributed by atoms with Gasteiger partial charge >= 0.3 is 0 Å². The van der Waals surface area contributed by atoms with Crippen molar-refractivity contribution in [3.05, 3.63) is 39.3 Å². The van der Waals surface area contributed by atoms with Crippen LogP contribution in [0.1, 0.15) is 37.5 Å². The van der Waals surface area contributed by atoms with Gasteiger partial charge in [-0.05, 0) is 57.1 Å². The van der Waals surface area contributed by atoms with E-state index in [2.05, 4.69) is 24.8 Å². The van der Waals surface area contributed by atoms with Crippen molar-refractivity contribution in [2.75, 3.05) is 13.1 Å². The van der Waals surface area contributed by atoms with Gasteiger partial charge in [-0.3, -0.25) is 10.1 Å². The average molecular weight is 304 g/mol. The van der Waals surface area contributed by atoms with E-state index in [4.69, 9.17) is 0 Å². The maximum atomic E-state index is 11.1. The third kappa shape index (κ3) is 2.80. The van der Waals surface area contributed by atoms with E-state index in [1.807, 2.05) is 6.07 Å². The van der Waals surface area contributed by atoms with Crippen LogP contribution in [0, 0.1) is 10.1 Å². The molecule has 2 aromatic rings. The fourth-order valence-electron chi connectivity index (χ4n) is 3.11. The molecule has 0 N–H and O–H groups in total. The standard InChI is InChI=1S/C16H20N2O2S/c1-11(2)17-8-6-12(7-9-17)15-10-13-4-3-5-14(18(19)20)16(13)21-15/h3-5,10-12H,6-9H2,1-2H3. The van der Waals surface area contributed by atoms with Crippen molar-refractivity contribution in [1.29, 1.82) is 0 Å². The quantitative estimate of drug-likeness (QED) is 0.624. The molecule has 0 atom stereocenters. The smallest absolute Gasteiger partial charge is 0.287 e. The van der Waals surface area contributed by atoms with Gasteiger partial charge in [0.15, 0.2) is 0 Å². The Bertz CT molecular complexity index is 657. The molecule has 2 heterocycles. The molecule has 0 saturated carbocycles. The summed E-state index contributed by atoms with van der Waals surface area (Å²) < 4.78 is 0.823. The molecular weight excluding hydrogens is 284 g/mol. The Hall–Kier alpha value is -1.46.